The van der Waals surface area contributed by atoms with Gasteiger partial charge in [0.05, 0.1) is 0 Å². The van der Waals surface area contributed by atoms with E-state index in [4.69, 9.17) is 0 Å². The molecular formula is C12H18N2OS. The molecule has 88 valence electrons. The molecule has 2 heterocycles. The Labute approximate surface area is 100 Å². The van der Waals surface area contributed by atoms with E-state index in [0.29, 0.717) is 0 Å². The highest BCUT2D eigenvalue weighted by atomic mass is 32.1. The second-order valence-electron chi connectivity index (χ2n) is 4.11. The zero-order valence-corrected chi connectivity index (χ0v) is 10.3. The fraction of sp³-hybridized carbons (Fsp3) is 0.583. The number of nitrogens with one attached hydrogen (secondary N) is 1. The Bertz CT molecular complexity index is 318. The van der Waals surface area contributed by atoms with Crippen molar-refractivity contribution in [2.45, 2.75) is 25.7 Å². The van der Waals surface area contributed by atoms with Crippen molar-refractivity contribution in [3.63, 3.8) is 0 Å². The number of piperidine rings is 1. The second-order valence-corrected chi connectivity index (χ2v) is 5.14. The number of hydrogen-bond donors (Lipinski definition) is 1. The zero-order valence-electron chi connectivity index (χ0n) is 9.45. The van der Waals surface area contributed by atoms with Crippen molar-refractivity contribution in [1.29, 1.82) is 0 Å². The van der Waals surface area contributed by atoms with Crippen LogP contribution in [0.25, 0.3) is 0 Å². The van der Waals surface area contributed by atoms with Gasteiger partial charge in [-0.3, -0.25) is 0 Å². The number of thiophene rings is 1. The fourth-order valence-electron chi connectivity index (χ4n) is 1.96. The van der Waals surface area contributed by atoms with E-state index < -0.39 is 0 Å². The number of nitrogens with zero attached hydrogens (tertiary/aromatic N) is 1. The Hall–Kier alpha value is -1.03. The van der Waals surface area contributed by atoms with Crippen LogP contribution >= 0.6 is 11.3 Å². The average molecular weight is 238 g/mol. The van der Waals surface area contributed by atoms with Gasteiger partial charge in [-0.25, -0.2) is 4.79 Å². The highest BCUT2D eigenvalue weighted by molar-refractivity contribution is 7.09. The first-order chi connectivity index (χ1) is 7.86. The minimum Gasteiger partial charge on any atom is -0.338 e. The molecule has 1 N–H and O–H groups in total. The van der Waals surface area contributed by atoms with Crippen LogP contribution in [0, 0.1) is 0 Å². The van der Waals surface area contributed by atoms with Gasteiger partial charge in [0.1, 0.15) is 0 Å². The Morgan fingerprint density at radius 1 is 1.38 bits per heavy atom. The second kappa shape index (κ2) is 5.89. The van der Waals surface area contributed by atoms with E-state index in [1.54, 1.807) is 11.3 Å². The maximum Gasteiger partial charge on any atom is 0.317 e. The molecule has 0 atom stereocenters. The summed E-state index contributed by atoms with van der Waals surface area (Å²) in [5, 5.41) is 5.06. The summed E-state index contributed by atoms with van der Waals surface area (Å²) >= 11 is 1.75. The predicted molar refractivity (Wildman–Crippen MR) is 66.8 cm³/mol. The molecule has 1 aliphatic rings. The van der Waals surface area contributed by atoms with Crippen molar-refractivity contribution in [3.05, 3.63) is 22.4 Å². The summed E-state index contributed by atoms with van der Waals surface area (Å²) in [4.78, 5) is 15.0. The van der Waals surface area contributed by atoms with Crippen LogP contribution in [0.15, 0.2) is 17.5 Å². The summed E-state index contributed by atoms with van der Waals surface area (Å²) in [6, 6.07) is 4.26. The van der Waals surface area contributed by atoms with Gasteiger partial charge in [-0.1, -0.05) is 6.07 Å². The number of carbonyl (C=O) groups is 1. The van der Waals surface area contributed by atoms with Gasteiger partial charge in [0.2, 0.25) is 0 Å². The van der Waals surface area contributed by atoms with Crippen molar-refractivity contribution in [2.24, 2.45) is 0 Å². The van der Waals surface area contributed by atoms with Crippen LogP contribution in [0.2, 0.25) is 0 Å². The van der Waals surface area contributed by atoms with Gasteiger partial charge in [0.15, 0.2) is 0 Å². The number of hydrogen-bond acceptors (Lipinski definition) is 2. The Morgan fingerprint density at radius 3 is 2.88 bits per heavy atom. The van der Waals surface area contributed by atoms with Gasteiger partial charge in [-0.2, -0.15) is 0 Å². The number of carbonyl (C=O) groups excluding carboxylic acids is 1. The summed E-state index contributed by atoms with van der Waals surface area (Å²) in [5.41, 5.74) is 0. The maximum atomic E-state index is 11.7. The average Bonchev–Trinajstić information content (AvgIpc) is 2.83. The van der Waals surface area contributed by atoms with Crippen molar-refractivity contribution >= 4 is 17.4 Å². The van der Waals surface area contributed by atoms with E-state index in [9.17, 15) is 4.79 Å². The topological polar surface area (TPSA) is 32.3 Å². The third kappa shape index (κ3) is 3.23. The highest BCUT2D eigenvalue weighted by Crippen LogP contribution is 2.10. The standard InChI is InChI=1S/C12H18N2OS/c15-12(14-8-2-1-3-9-14)13-7-6-11-5-4-10-16-11/h4-5,10H,1-3,6-9H2,(H,13,15). The molecule has 0 bridgehead atoms. The molecule has 0 aliphatic carbocycles. The van der Waals surface area contributed by atoms with Gasteiger partial charge in [0, 0.05) is 24.5 Å². The Kier molecular flexibility index (Phi) is 4.22. The van der Waals surface area contributed by atoms with E-state index in [0.717, 1.165) is 38.9 Å². The Balaban J connectivity index is 1.67. The van der Waals surface area contributed by atoms with Crippen LogP contribution in [-0.2, 0) is 6.42 Å². The molecule has 1 aromatic heterocycles. The Morgan fingerprint density at radius 2 is 2.19 bits per heavy atom. The van der Waals surface area contributed by atoms with Gasteiger partial charge in [-0.05, 0) is 37.1 Å². The zero-order chi connectivity index (χ0) is 11.2. The predicted octanol–water partition coefficient (Wildman–Crippen LogP) is 2.49. The van der Waals surface area contributed by atoms with Crippen molar-refractivity contribution in [1.82, 2.24) is 10.2 Å². The van der Waals surface area contributed by atoms with Gasteiger partial charge < -0.3 is 10.2 Å². The summed E-state index contributed by atoms with van der Waals surface area (Å²) in [7, 11) is 0. The molecule has 1 aromatic rings. The van der Waals surface area contributed by atoms with E-state index in [1.807, 2.05) is 11.0 Å². The lowest BCUT2D eigenvalue weighted by Crippen LogP contribution is -2.43. The van der Waals surface area contributed by atoms with E-state index >= 15 is 0 Å². The quantitative estimate of drug-likeness (QED) is 0.862. The van der Waals surface area contributed by atoms with Gasteiger partial charge in [0.25, 0.3) is 0 Å². The lowest BCUT2D eigenvalue weighted by Gasteiger charge is -2.26. The first-order valence-electron chi connectivity index (χ1n) is 5.91. The molecule has 0 unspecified atom stereocenters. The SMILES string of the molecule is O=C(NCCc1cccs1)N1CCCCC1. The molecular weight excluding hydrogens is 220 g/mol. The van der Waals surface area contributed by atoms with Crippen LogP contribution in [0.4, 0.5) is 4.79 Å². The minimum atomic E-state index is 0.108. The van der Waals surface area contributed by atoms with Gasteiger partial charge in [-0.15, -0.1) is 11.3 Å². The molecule has 0 saturated carbocycles. The number of amides is 2. The van der Waals surface area contributed by atoms with Crippen LogP contribution in [0.3, 0.4) is 0 Å². The van der Waals surface area contributed by atoms with Crippen LogP contribution < -0.4 is 5.32 Å². The van der Waals surface area contributed by atoms with E-state index in [-0.39, 0.29) is 6.03 Å². The minimum absolute atomic E-state index is 0.108. The molecule has 0 spiro atoms. The lowest BCUT2D eigenvalue weighted by molar-refractivity contribution is 0.186. The molecule has 2 rings (SSSR count). The number of rotatable bonds is 3. The fourth-order valence-corrected chi connectivity index (χ4v) is 2.67. The summed E-state index contributed by atoms with van der Waals surface area (Å²) in [5.74, 6) is 0. The van der Waals surface area contributed by atoms with E-state index in [2.05, 4.69) is 16.8 Å². The van der Waals surface area contributed by atoms with Crippen LogP contribution in [0.1, 0.15) is 24.1 Å². The third-order valence-electron chi connectivity index (χ3n) is 2.87. The smallest absolute Gasteiger partial charge is 0.317 e. The van der Waals surface area contributed by atoms with Crippen molar-refractivity contribution in [2.75, 3.05) is 19.6 Å². The molecule has 1 fully saturated rings. The molecule has 3 nitrogen and oxygen atoms in total. The van der Waals surface area contributed by atoms with Crippen LogP contribution in [-0.4, -0.2) is 30.6 Å². The molecule has 1 saturated heterocycles. The molecule has 4 heteroatoms. The largest absolute Gasteiger partial charge is 0.338 e. The van der Waals surface area contributed by atoms with Gasteiger partial charge >= 0.3 is 6.03 Å². The molecule has 0 aromatic carbocycles. The highest BCUT2D eigenvalue weighted by Gasteiger charge is 2.15. The first kappa shape index (κ1) is 11.5. The maximum absolute atomic E-state index is 11.7. The molecule has 2 amide bonds. The molecule has 1 aliphatic heterocycles. The summed E-state index contributed by atoms with van der Waals surface area (Å²) in [6.07, 6.45) is 4.51. The lowest BCUT2D eigenvalue weighted by atomic mass is 10.1. The number of likely N-dealkylation sites (tertiary alicyclic amines) is 1. The summed E-state index contributed by atoms with van der Waals surface area (Å²) in [6.45, 7) is 2.59. The van der Waals surface area contributed by atoms with E-state index in [1.165, 1.54) is 11.3 Å². The summed E-state index contributed by atoms with van der Waals surface area (Å²) < 4.78 is 0. The number of urea groups is 1. The molecule has 16 heavy (non-hydrogen) atoms. The first-order valence-corrected chi connectivity index (χ1v) is 6.79. The normalized spacial score (nSPS) is 16.1. The van der Waals surface area contributed by atoms with Crippen LogP contribution in [0.5, 0.6) is 0 Å². The van der Waals surface area contributed by atoms with Crippen molar-refractivity contribution < 1.29 is 4.79 Å². The monoisotopic (exact) mass is 238 g/mol. The third-order valence-corrected chi connectivity index (χ3v) is 3.81. The molecule has 0 radical (unpaired) electrons. The van der Waals surface area contributed by atoms with Crippen molar-refractivity contribution in [3.8, 4) is 0 Å².